The van der Waals surface area contributed by atoms with E-state index in [1.807, 2.05) is 13.0 Å². The summed E-state index contributed by atoms with van der Waals surface area (Å²) in [5, 5.41) is 3.61. The number of hydrogen-bond acceptors (Lipinski definition) is 2. The van der Waals surface area contributed by atoms with Crippen LogP contribution in [0.25, 0.3) is 0 Å². The first-order valence-electron chi connectivity index (χ1n) is 9.06. The van der Waals surface area contributed by atoms with Crippen molar-refractivity contribution in [2.24, 2.45) is 11.3 Å². The monoisotopic (exact) mass is 339 g/mol. The van der Waals surface area contributed by atoms with Crippen LogP contribution in [0.1, 0.15) is 46.1 Å². The Bertz CT molecular complexity index is 609. The van der Waals surface area contributed by atoms with Crippen LogP contribution in [-0.2, 0) is 11.3 Å². The molecule has 0 saturated heterocycles. The van der Waals surface area contributed by atoms with Crippen molar-refractivity contribution in [1.29, 1.82) is 0 Å². The summed E-state index contributed by atoms with van der Waals surface area (Å²) in [4.78, 5) is 0. The molecule has 136 valence electrons. The maximum absolute atomic E-state index is 5.45. The molecule has 1 N–H and O–H groups in total. The molecule has 0 fully saturated rings. The standard InChI is InChI=1S/C23H33NO/c1-7-19(3)14-22(25-6)15-20(4)16-23(5,8-2)18-24-17-21-12-10-9-11-13-21/h1,9-15,19,24H,8,16-18H2,2-6H3/b20-15+,22-14+. The van der Waals surface area contributed by atoms with Gasteiger partial charge >= 0.3 is 0 Å². The zero-order valence-electron chi connectivity index (χ0n) is 16.4. The van der Waals surface area contributed by atoms with Gasteiger partial charge in [0.25, 0.3) is 0 Å². The summed E-state index contributed by atoms with van der Waals surface area (Å²) in [6.07, 6.45) is 11.7. The molecule has 1 rings (SSSR count). The lowest BCUT2D eigenvalue weighted by Gasteiger charge is -2.29. The van der Waals surface area contributed by atoms with Crippen LogP contribution < -0.4 is 5.32 Å². The van der Waals surface area contributed by atoms with E-state index < -0.39 is 0 Å². The summed E-state index contributed by atoms with van der Waals surface area (Å²) in [6, 6.07) is 10.5. The van der Waals surface area contributed by atoms with Gasteiger partial charge in [0.15, 0.2) is 0 Å². The van der Waals surface area contributed by atoms with Crippen molar-refractivity contribution >= 4 is 0 Å². The molecule has 0 aliphatic carbocycles. The smallest absolute Gasteiger partial charge is 0.116 e. The van der Waals surface area contributed by atoms with Gasteiger partial charge in [0.05, 0.1) is 7.11 Å². The van der Waals surface area contributed by atoms with E-state index in [1.54, 1.807) is 7.11 Å². The Balaban J connectivity index is 2.66. The molecule has 0 saturated carbocycles. The molecule has 2 unspecified atom stereocenters. The topological polar surface area (TPSA) is 21.3 Å². The molecule has 25 heavy (non-hydrogen) atoms. The van der Waals surface area contributed by atoms with Gasteiger partial charge in [-0.2, -0.15) is 0 Å². The predicted molar refractivity (Wildman–Crippen MR) is 108 cm³/mol. The van der Waals surface area contributed by atoms with Crippen LogP contribution >= 0.6 is 0 Å². The van der Waals surface area contributed by atoms with Crippen LogP contribution in [0, 0.1) is 23.7 Å². The van der Waals surface area contributed by atoms with Gasteiger partial charge in [0, 0.05) is 19.0 Å². The number of hydrogen-bond donors (Lipinski definition) is 1. The predicted octanol–water partition coefficient (Wildman–Crippen LogP) is 5.33. The maximum atomic E-state index is 5.45. The number of allylic oxidation sites excluding steroid dienone is 3. The van der Waals surface area contributed by atoms with Gasteiger partial charge in [0.2, 0.25) is 0 Å². The second-order valence-corrected chi connectivity index (χ2v) is 7.15. The summed E-state index contributed by atoms with van der Waals surface area (Å²) in [5.74, 6) is 3.63. The Morgan fingerprint density at radius 3 is 2.60 bits per heavy atom. The van der Waals surface area contributed by atoms with E-state index in [0.29, 0.717) is 0 Å². The van der Waals surface area contributed by atoms with Crippen LogP contribution in [0.5, 0.6) is 0 Å². The number of nitrogens with one attached hydrogen (secondary N) is 1. The third-order valence-electron chi connectivity index (χ3n) is 4.58. The first kappa shape index (κ1) is 21.1. The second-order valence-electron chi connectivity index (χ2n) is 7.15. The SMILES string of the molecule is C#CC(C)/C=C(\C=C(/C)CC(C)(CC)CNCc1ccccc1)OC. The molecule has 1 aromatic rings. The summed E-state index contributed by atoms with van der Waals surface area (Å²) in [6.45, 7) is 10.6. The highest BCUT2D eigenvalue weighted by Crippen LogP contribution is 2.29. The fourth-order valence-electron chi connectivity index (χ4n) is 2.85. The molecular formula is C23H33NO. The van der Waals surface area contributed by atoms with E-state index in [0.717, 1.165) is 31.7 Å². The summed E-state index contributed by atoms with van der Waals surface area (Å²) in [7, 11) is 1.69. The van der Waals surface area contributed by atoms with Crippen molar-refractivity contribution in [3.8, 4) is 12.3 Å². The van der Waals surface area contributed by atoms with E-state index in [9.17, 15) is 0 Å². The molecular weight excluding hydrogens is 306 g/mol. The molecule has 0 aromatic heterocycles. The lowest BCUT2D eigenvalue weighted by molar-refractivity contribution is 0.284. The average molecular weight is 340 g/mol. The van der Waals surface area contributed by atoms with Crippen LogP contribution in [0.4, 0.5) is 0 Å². The molecule has 0 aliphatic rings. The van der Waals surface area contributed by atoms with Gasteiger partial charge in [-0.1, -0.05) is 55.7 Å². The summed E-state index contributed by atoms with van der Waals surface area (Å²) >= 11 is 0. The molecule has 2 heteroatoms. The van der Waals surface area contributed by atoms with Gasteiger partial charge in [-0.15, -0.1) is 6.42 Å². The fourth-order valence-corrected chi connectivity index (χ4v) is 2.85. The van der Waals surface area contributed by atoms with Gasteiger partial charge in [0.1, 0.15) is 5.76 Å². The van der Waals surface area contributed by atoms with E-state index in [-0.39, 0.29) is 11.3 Å². The van der Waals surface area contributed by atoms with Gasteiger partial charge in [-0.25, -0.2) is 0 Å². The highest BCUT2D eigenvalue weighted by atomic mass is 16.5. The van der Waals surface area contributed by atoms with Gasteiger partial charge < -0.3 is 10.1 Å². The van der Waals surface area contributed by atoms with E-state index in [1.165, 1.54) is 11.1 Å². The lowest BCUT2D eigenvalue weighted by atomic mass is 9.81. The molecule has 0 aliphatic heterocycles. The third kappa shape index (κ3) is 8.09. The van der Waals surface area contributed by atoms with Crippen LogP contribution in [0.2, 0.25) is 0 Å². The van der Waals surface area contributed by atoms with Crippen molar-refractivity contribution in [3.63, 3.8) is 0 Å². The average Bonchev–Trinajstić information content (AvgIpc) is 2.61. The van der Waals surface area contributed by atoms with Gasteiger partial charge in [-0.3, -0.25) is 0 Å². The van der Waals surface area contributed by atoms with Crippen molar-refractivity contribution in [2.75, 3.05) is 13.7 Å². The van der Waals surface area contributed by atoms with Crippen LogP contribution in [0.3, 0.4) is 0 Å². The van der Waals surface area contributed by atoms with Gasteiger partial charge in [-0.05, 0) is 49.8 Å². The first-order chi connectivity index (χ1) is 11.9. The Morgan fingerprint density at radius 2 is 2.04 bits per heavy atom. The fraction of sp³-hybridized carbons (Fsp3) is 0.478. The lowest BCUT2D eigenvalue weighted by Crippen LogP contribution is -2.31. The van der Waals surface area contributed by atoms with E-state index >= 15 is 0 Å². The summed E-state index contributed by atoms with van der Waals surface area (Å²) in [5.41, 5.74) is 2.84. The minimum Gasteiger partial charge on any atom is -0.497 e. The highest BCUT2D eigenvalue weighted by Gasteiger charge is 2.22. The number of rotatable bonds is 10. The number of benzene rings is 1. The van der Waals surface area contributed by atoms with Crippen LogP contribution in [-0.4, -0.2) is 13.7 Å². The third-order valence-corrected chi connectivity index (χ3v) is 4.58. The number of ether oxygens (including phenoxy) is 1. The molecule has 0 spiro atoms. The molecule has 2 atom stereocenters. The Kier molecular flexibility index (Phi) is 9.10. The molecule has 0 amide bonds. The first-order valence-corrected chi connectivity index (χ1v) is 9.06. The van der Waals surface area contributed by atoms with Crippen molar-refractivity contribution in [1.82, 2.24) is 5.32 Å². The normalized spacial score (nSPS) is 16.0. The van der Waals surface area contributed by atoms with Crippen molar-refractivity contribution in [3.05, 3.63) is 59.4 Å². The van der Waals surface area contributed by atoms with Crippen LogP contribution in [0.15, 0.2) is 53.8 Å². The van der Waals surface area contributed by atoms with E-state index in [4.69, 9.17) is 11.2 Å². The zero-order valence-corrected chi connectivity index (χ0v) is 16.4. The number of terminal acetylenes is 1. The zero-order chi connectivity index (χ0) is 18.7. The van der Waals surface area contributed by atoms with E-state index in [2.05, 4.69) is 68.4 Å². The Labute approximate surface area is 154 Å². The molecule has 0 radical (unpaired) electrons. The molecule has 2 nitrogen and oxygen atoms in total. The maximum Gasteiger partial charge on any atom is 0.116 e. The quantitative estimate of drug-likeness (QED) is 0.353. The molecule has 0 heterocycles. The number of methoxy groups -OCH3 is 1. The minimum atomic E-state index is 0.0732. The second kappa shape index (κ2) is 10.8. The largest absolute Gasteiger partial charge is 0.497 e. The van der Waals surface area contributed by atoms with Crippen molar-refractivity contribution in [2.45, 2.75) is 47.1 Å². The Morgan fingerprint density at radius 1 is 1.36 bits per heavy atom. The Hall–Kier alpha value is -1.98. The van der Waals surface area contributed by atoms with Crippen molar-refractivity contribution < 1.29 is 4.74 Å². The molecule has 0 bridgehead atoms. The molecule has 1 aromatic carbocycles. The summed E-state index contributed by atoms with van der Waals surface area (Å²) < 4.78 is 5.45. The highest BCUT2D eigenvalue weighted by molar-refractivity contribution is 5.21. The minimum absolute atomic E-state index is 0.0732.